The van der Waals surface area contributed by atoms with E-state index >= 15 is 0 Å². The Labute approximate surface area is 134 Å². The van der Waals surface area contributed by atoms with E-state index in [1.165, 1.54) is 5.56 Å². The van der Waals surface area contributed by atoms with E-state index in [4.69, 9.17) is 35.4 Å². The molecule has 104 valence electrons. The Morgan fingerprint density at radius 3 is 2.25 bits per heavy atom. The third-order valence-electron chi connectivity index (χ3n) is 2.76. The smallest absolute Gasteiger partial charge is 0.175 e. The van der Waals surface area contributed by atoms with E-state index < -0.39 is 0 Å². The molecule has 20 heavy (non-hydrogen) atoms. The first-order valence-electron chi connectivity index (χ1n) is 6.05. The van der Waals surface area contributed by atoms with Gasteiger partial charge in [-0.1, -0.05) is 35.3 Å². The molecule has 0 aromatic heterocycles. The monoisotopic (exact) mass is 324 g/mol. The van der Waals surface area contributed by atoms with Gasteiger partial charge in [0, 0.05) is 21.4 Å². The molecule has 0 unspecified atom stereocenters. The molecule has 2 aromatic carbocycles. The summed E-state index contributed by atoms with van der Waals surface area (Å²) in [5, 5.41) is 7.87. The molecule has 0 saturated carbocycles. The molecular formula is C15H14Cl2N2S. The lowest BCUT2D eigenvalue weighted by Gasteiger charge is -2.13. The second kappa shape index (κ2) is 6.44. The molecule has 0 atom stereocenters. The average molecular weight is 325 g/mol. The predicted molar refractivity (Wildman–Crippen MR) is 92.2 cm³/mol. The first-order valence-corrected chi connectivity index (χ1v) is 7.22. The van der Waals surface area contributed by atoms with Gasteiger partial charge in [0.2, 0.25) is 0 Å². The van der Waals surface area contributed by atoms with Crippen LogP contribution >= 0.6 is 35.4 Å². The molecule has 0 aliphatic carbocycles. The van der Waals surface area contributed by atoms with Gasteiger partial charge in [-0.3, -0.25) is 0 Å². The van der Waals surface area contributed by atoms with Crippen LogP contribution in [0, 0.1) is 13.8 Å². The lowest BCUT2D eigenvalue weighted by molar-refractivity contribution is 1.39. The minimum atomic E-state index is 0.497. The molecule has 0 radical (unpaired) electrons. The molecule has 0 aliphatic heterocycles. The number of anilines is 2. The van der Waals surface area contributed by atoms with Crippen molar-refractivity contribution in [3.63, 3.8) is 0 Å². The number of rotatable bonds is 2. The number of aryl methyl sites for hydroxylation is 2. The molecule has 2 aromatic rings. The molecule has 0 spiro atoms. The number of hydrogen-bond acceptors (Lipinski definition) is 1. The summed E-state index contributed by atoms with van der Waals surface area (Å²) in [5.74, 6) is 0. The number of nitrogens with one attached hydrogen (secondary N) is 2. The standard InChI is InChI=1S/C15H14Cl2N2S/c1-9-3-4-10(2)14(5-9)19-15(20)18-13-7-11(16)6-12(17)8-13/h3-8H,1-2H3,(H2,18,19,20). The van der Waals surface area contributed by atoms with Gasteiger partial charge in [0.25, 0.3) is 0 Å². The summed E-state index contributed by atoms with van der Waals surface area (Å²) in [6, 6.07) is 11.4. The van der Waals surface area contributed by atoms with Gasteiger partial charge in [0.1, 0.15) is 0 Å². The maximum atomic E-state index is 5.95. The van der Waals surface area contributed by atoms with Crippen molar-refractivity contribution >= 4 is 51.9 Å². The van der Waals surface area contributed by atoms with Crippen LogP contribution in [0.25, 0.3) is 0 Å². The molecule has 0 fully saturated rings. The van der Waals surface area contributed by atoms with Crippen LogP contribution in [0.1, 0.15) is 11.1 Å². The lowest BCUT2D eigenvalue weighted by Crippen LogP contribution is -2.19. The van der Waals surface area contributed by atoms with E-state index in [1.807, 2.05) is 19.9 Å². The highest BCUT2D eigenvalue weighted by Crippen LogP contribution is 2.23. The van der Waals surface area contributed by atoms with Gasteiger partial charge in [-0.05, 0) is 61.5 Å². The Balaban J connectivity index is 2.11. The fourth-order valence-corrected chi connectivity index (χ4v) is 2.54. The summed E-state index contributed by atoms with van der Waals surface area (Å²) >= 11 is 17.2. The largest absolute Gasteiger partial charge is 0.332 e. The minimum Gasteiger partial charge on any atom is -0.332 e. The zero-order chi connectivity index (χ0) is 14.7. The first kappa shape index (κ1) is 15.1. The summed E-state index contributed by atoms with van der Waals surface area (Å²) in [4.78, 5) is 0. The molecule has 2 rings (SSSR count). The van der Waals surface area contributed by atoms with Crippen LogP contribution in [-0.2, 0) is 0 Å². The zero-order valence-corrected chi connectivity index (χ0v) is 13.5. The van der Waals surface area contributed by atoms with E-state index in [1.54, 1.807) is 18.2 Å². The fourth-order valence-electron chi connectivity index (χ4n) is 1.78. The third kappa shape index (κ3) is 4.10. The van der Waals surface area contributed by atoms with Crippen molar-refractivity contribution in [2.45, 2.75) is 13.8 Å². The second-order valence-corrected chi connectivity index (χ2v) is 5.84. The Kier molecular flexibility index (Phi) is 4.86. The van der Waals surface area contributed by atoms with Gasteiger partial charge in [0.05, 0.1) is 0 Å². The van der Waals surface area contributed by atoms with Gasteiger partial charge >= 0.3 is 0 Å². The topological polar surface area (TPSA) is 24.1 Å². The van der Waals surface area contributed by atoms with E-state index in [9.17, 15) is 0 Å². The Hall–Kier alpha value is -1.29. The molecule has 5 heteroatoms. The van der Waals surface area contributed by atoms with Crippen LogP contribution in [0.2, 0.25) is 10.0 Å². The number of halogens is 2. The predicted octanol–water partition coefficient (Wildman–Crippen LogP) is 5.42. The molecular weight excluding hydrogens is 311 g/mol. The summed E-state index contributed by atoms with van der Waals surface area (Å²) in [6.45, 7) is 4.07. The van der Waals surface area contributed by atoms with Gasteiger partial charge in [-0.2, -0.15) is 0 Å². The summed E-state index contributed by atoms with van der Waals surface area (Å²) in [5.41, 5.74) is 4.04. The lowest BCUT2D eigenvalue weighted by atomic mass is 10.1. The molecule has 0 saturated heterocycles. The van der Waals surface area contributed by atoms with Crippen LogP contribution in [0.4, 0.5) is 11.4 Å². The van der Waals surface area contributed by atoms with Crippen molar-refractivity contribution in [1.82, 2.24) is 0 Å². The van der Waals surface area contributed by atoms with E-state index in [0.29, 0.717) is 15.2 Å². The van der Waals surface area contributed by atoms with Gasteiger partial charge in [-0.15, -0.1) is 0 Å². The Morgan fingerprint density at radius 1 is 0.950 bits per heavy atom. The fraction of sp³-hybridized carbons (Fsp3) is 0.133. The van der Waals surface area contributed by atoms with Crippen molar-refractivity contribution in [3.05, 3.63) is 57.6 Å². The van der Waals surface area contributed by atoms with Crippen molar-refractivity contribution in [3.8, 4) is 0 Å². The molecule has 0 heterocycles. The average Bonchev–Trinajstić information content (AvgIpc) is 2.32. The highest BCUT2D eigenvalue weighted by molar-refractivity contribution is 7.80. The van der Waals surface area contributed by atoms with E-state index in [0.717, 1.165) is 16.9 Å². The second-order valence-electron chi connectivity index (χ2n) is 4.56. The maximum Gasteiger partial charge on any atom is 0.175 e. The quantitative estimate of drug-likeness (QED) is 0.721. The normalized spacial score (nSPS) is 10.2. The highest BCUT2D eigenvalue weighted by atomic mass is 35.5. The van der Waals surface area contributed by atoms with Crippen LogP contribution < -0.4 is 10.6 Å². The molecule has 0 amide bonds. The molecule has 2 N–H and O–H groups in total. The summed E-state index contributed by atoms with van der Waals surface area (Å²) in [6.07, 6.45) is 0. The van der Waals surface area contributed by atoms with E-state index in [-0.39, 0.29) is 0 Å². The van der Waals surface area contributed by atoms with Crippen LogP contribution in [0.15, 0.2) is 36.4 Å². The summed E-state index contributed by atoms with van der Waals surface area (Å²) < 4.78 is 0. The van der Waals surface area contributed by atoms with Crippen LogP contribution in [0.5, 0.6) is 0 Å². The van der Waals surface area contributed by atoms with Gasteiger partial charge in [-0.25, -0.2) is 0 Å². The number of thiocarbonyl (C=S) groups is 1. The Bertz CT molecular complexity index is 636. The number of hydrogen-bond donors (Lipinski definition) is 2. The third-order valence-corrected chi connectivity index (χ3v) is 3.40. The maximum absolute atomic E-state index is 5.95. The highest BCUT2D eigenvalue weighted by Gasteiger charge is 2.04. The van der Waals surface area contributed by atoms with Crippen LogP contribution in [0.3, 0.4) is 0 Å². The van der Waals surface area contributed by atoms with Crippen LogP contribution in [-0.4, -0.2) is 5.11 Å². The Morgan fingerprint density at radius 2 is 1.60 bits per heavy atom. The minimum absolute atomic E-state index is 0.497. The molecule has 0 bridgehead atoms. The number of benzene rings is 2. The van der Waals surface area contributed by atoms with Gasteiger partial charge in [0.15, 0.2) is 5.11 Å². The van der Waals surface area contributed by atoms with Crippen molar-refractivity contribution < 1.29 is 0 Å². The van der Waals surface area contributed by atoms with Gasteiger partial charge < -0.3 is 10.6 Å². The molecule has 0 aliphatic rings. The van der Waals surface area contributed by atoms with Crippen molar-refractivity contribution in [1.29, 1.82) is 0 Å². The zero-order valence-electron chi connectivity index (χ0n) is 11.1. The van der Waals surface area contributed by atoms with Crippen molar-refractivity contribution in [2.24, 2.45) is 0 Å². The first-order chi connectivity index (χ1) is 9.44. The summed E-state index contributed by atoms with van der Waals surface area (Å²) in [7, 11) is 0. The van der Waals surface area contributed by atoms with E-state index in [2.05, 4.69) is 22.8 Å². The van der Waals surface area contributed by atoms with Crippen molar-refractivity contribution in [2.75, 3.05) is 10.6 Å². The molecule has 2 nitrogen and oxygen atoms in total. The SMILES string of the molecule is Cc1ccc(C)c(NC(=S)Nc2cc(Cl)cc(Cl)c2)c1.